The van der Waals surface area contributed by atoms with Crippen LogP contribution in [0.25, 0.3) is 90.9 Å². The molecule has 530 valence electrons. The van der Waals surface area contributed by atoms with Crippen molar-refractivity contribution in [3.63, 3.8) is 0 Å². The number of benzene rings is 8. The van der Waals surface area contributed by atoms with E-state index in [4.69, 9.17) is 26.7 Å². The second kappa shape index (κ2) is 30.2. The molecule has 16 nitrogen and oxygen atoms in total. The van der Waals surface area contributed by atoms with E-state index >= 15 is 0 Å². The van der Waals surface area contributed by atoms with Crippen LogP contribution in [0.15, 0.2) is 219 Å². The molecule has 0 radical (unpaired) electrons. The first-order valence-electron chi connectivity index (χ1n) is 30.0. The number of nitrogens with one attached hydrogen (secondary N) is 2. The predicted octanol–water partition coefficient (Wildman–Crippen LogP) is 24.8. The summed E-state index contributed by atoms with van der Waals surface area (Å²) in [5.41, 5.74) is 8.69. The Morgan fingerprint density at radius 3 is 0.625 bits per heavy atom. The SMILES string of the molecule is Cc1ccc(S(=O)(=O)Oc2c(Br)cc(Br)c(-c3c4nc(c(-c5c(Br)cc(Br)c(OS(=O)(=O)c6ccc(C)cc6)c5Br)c5ccc([nH]5)c(-c5c(Br)cc(Br)c(OS(=O)(=O)c6ccc(C)cc6)c5Br)c5nc(c(-c6c(Br)cc(Br)c(OS(=O)(=O)c7ccc(C)cc7)c6Br)c6ccc3[nH]6)C=C5)C=C4)c2Br)cc1. The third kappa shape index (κ3) is 15.2. The number of aromatic amines is 2. The van der Waals surface area contributed by atoms with Gasteiger partial charge in [0.25, 0.3) is 0 Å². The van der Waals surface area contributed by atoms with E-state index in [0.29, 0.717) is 84.5 Å². The largest absolute Gasteiger partial charge is 0.377 e. The number of aromatic nitrogens is 4. The van der Waals surface area contributed by atoms with Crippen molar-refractivity contribution in [2.24, 2.45) is 0 Å². The van der Waals surface area contributed by atoms with Crippen LogP contribution in [0.1, 0.15) is 45.0 Å². The Morgan fingerprint density at radius 1 is 0.260 bits per heavy atom. The molecule has 2 aliphatic rings. The minimum Gasteiger partial charge on any atom is -0.377 e. The van der Waals surface area contributed by atoms with E-state index in [-0.39, 0.29) is 101 Å². The zero-order chi connectivity index (χ0) is 74.5. The molecule has 0 saturated heterocycles. The van der Waals surface area contributed by atoms with E-state index in [1.807, 2.05) is 27.7 Å². The standard InChI is InChI=1S/C72H42Br12N4O12S4/c1-33-5-13-37(14-6-33)101(89,90)97-69-45(77)29-41(73)57(65(69)81)61-49-21-23-51(85-49)62(58-42(74)30-46(78)70(66(58)82)98-102(91,92)38-15-7-34(2)8-16-38)53-25-27-55(87-53)64(60-44(76)32-48(80)72(68(60)84)100-104(95,96)40-19-11-36(4)12-20-40)56-28-26-54(88-56)63(52-24-22-50(61)86-52)59-43(75)31-47(79)71(67(59)83)99-103(93,94)39-17-9-35(3)10-18-39/h5-32,85,88H,1-4H3. The Morgan fingerprint density at radius 2 is 0.442 bits per heavy atom. The highest BCUT2D eigenvalue weighted by Crippen LogP contribution is 2.55. The van der Waals surface area contributed by atoms with Crippen LogP contribution in [0.2, 0.25) is 0 Å². The van der Waals surface area contributed by atoms with Crippen LogP contribution >= 0.6 is 191 Å². The van der Waals surface area contributed by atoms with Crippen molar-refractivity contribution in [2.45, 2.75) is 47.3 Å². The summed E-state index contributed by atoms with van der Waals surface area (Å²) in [6.45, 7) is 7.33. The van der Waals surface area contributed by atoms with Gasteiger partial charge in [0.05, 0.1) is 58.6 Å². The number of aryl methyl sites for hydroxylation is 4. The predicted molar refractivity (Wildman–Crippen MR) is 449 cm³/mol. The summed E-state index contributed by atoms with van der Waals surface area (Å²) in [5, 5.41) is 0. The number of nitrogens with zero attached hydrogens (tertiary/aromatic N) is 2. The summed E-state index contributed by atoms with van der Waals surface area (Å²) in [6.07, 6.45) is 7.03. The minimum atomic E-state index is -4.51. The molecule has 5 heterocycles. The van der Waals surface area contributed by atoms with Crippen molar-refractivity contribution >= 4 is 278 Å². The number of rotatable bonds is 16. The smallest absolute Gasteiger partial charge is 0.339 e. The molecule has 0 saturated carbocycles. The third-order valence-corrected chi connectivity index (χ3v) is 29.1. The molecule has 11 aromatic rings. The minimum absolute atomic E-state index is 0.106. The normalized spacial score (nSPS) is 12.5. The fraction of sp³-hybridized carbons (Fsp3) is 0.0556. The third-order valence-electron chi connectivity index (χ3n) is 16.3. The van der Waals surface area contributed by atoms with Gasteiger partial charge in [-0.05, 0) is 277 Å². The van der Waals surface area contributed by atoms with E-state index in [2.05, 4.69) is 201 Å². The summed E-state index contributed by atoms with van der Waals surface area (Å²) in [5.74, 6) is -0.488. The lowest BCUT2D eigenvalue weighted by Crippen LogP contribution is -2.11. The zero-order valence-electron chi connectivity index (χ0n) is 53.1. The van der Waals surface area contributed by atoms with E-state index in [1.54, 1.807) is 121 Å². The molecule has 3 aromatic heterocycles. The van der Waals surface area contributed by atoms with Gasteiger partial charge in [0, 0.05) is 84.5 Å². The maximum absolute atomic E-state index is 14.3. The number of hydrogen-bond donors (Lipinski definition) is 2. The van der Waals surface area contributed by atoms with Gasteiger partial charge < -0.3 is 26.7 Å². The van der Waals surface area contributed by atoms with Crippen molar-refractivity contribution in [1.82, 2.24) is 19.9 Å². The molecule has 0 unspecified atom stereocenters. The number of H-pyrrole nitrogens is 2. The summed E-state index contributed by atoms with van der Waals surface area (Å²) in [7, 11) is -18.0. The fourth-order valence-electron chi connectivity index (χ4n) is 11.2. The van der Waals surface area contributed by atoms with Gasteiger partial charge in [0.2, 0.25) is 0 Å². The van der Waals surface area contributed by atoms with Crippen molar-refractivity contribution in [3.05, 3.63) is 244 Å². The van der Waals surface area contributed by atoms with E-state index in [1.165, 1.54) is 48.5 Å². The van der Waals surface area contributed by atoms with Gasteiger partial charge >= 0.3 is 40.5 Å². The first kappa shape index (κ1) is 77.3. The number of hydrogen-bond acceptors (Lipinski definition) is 14. The van der Waals surface area contributed by atoms with E-state index in [9.17, 15) is 33.7 Å². The lowest BCUT2D eigenvalue weighted by molar-refractivity contribution is 0.481. The van der Waals surface area contributed by atoms with Crippen molar-refractivity contribution in [1.29, 1.82) is 0 Å². The first-order chi connectivity index (χ1) is 49.1. The van der Waals surface area contributed by atoms with Crippen molar-refractivity contribution < 1.29 is 50.4 Å². The molecule has 2 aliphatic heterocycles. The maximum atomic E-state index is 14.3. The van der Waals surface area contributed by atoms with Crippen LogP contribution < -0.4 is 16.7 Å². The van der Waals surface area contributed by atoms with Gasteiger partial charge in [-0.2, -0.15) is 33.7 Å². The molecule has 0 aliphatic carbocycles. The van der Waals surface area contributed by atoms with Gasteiger partial charge in [0.1, 0.15) is 19.6 Å². The zero-order valence-corrected chi connectivity index (χ0v) is 75.4. The van der Waals surface area contributed by atoms with Gasteiger partial charge in [-0.1, -0.05) is 135 Å². The fourth-order valence-corrected chi connectivity index (χ4v) is 26.6. The molecular weight excluding hydrogens is 2200 g/mol. The van der Waals surface area contributed by atoms with Crippen molar-refractivity contribution in [2.75, 3.05) is 0 Å². The second-order valence-electron chi connectivity index (χ2n) is 23.3. The molecule has 13 rings (SSSR count). The molecule has 104 heavy (non-hydrogen) atoms. The monoisotopic (exact) mass is 2230 g/mol. The highest BCUT2D eigenvalue weighted by atomic mass is 79.9. The maximum Gasteiger partial charge on any atom is 0.339 e. The highest BCUT2D eigenvalue weighted by Gasteiger charge is 2.33. The van der Waals surface area contributed by atoms with Gasteiger partial charge in [-0.15, -0.1) is 0 Å². The molecule has 2 N–H and O–H groups in total. The summed E-state index contributed by atoms with van der Waals surface area (Å²) in [6, 6.07) is 38.6. The Balaban J connectivity index is 1.18. The Hall–Kier alpha value is -4.88. The quantitative estimate of drug-likeness (QED) is 0.0857. The van der Waals surface area contributed by atoms with Gasteiger partial charge in [-0.25, -0.2) is 9.97 Å². The first-order valence-corrected chi connectivity index (χ1v) is 45.2. The molecule has 0 atom stereocenters. The van der Waals surface area contributed by atoms with E-state index in [0.717, 1.165) is 22.3 Å². The average Bonchev–Trinajstić information content (AvgIpc) is 1.53. The van der Waals surface area contributed by atoms with Crippen LogP contribution in [0.4, 0.5) is 0 Å². The Bertz CT molecular complexity index is 5490. The Kier molecular flexibility index (Phi) is 22.4. The van der Waals surface area contributed by atoms with Crippen LogP contribution in [0.5, 0.6) is 23.0 Å². The van der Waals surface area contributed by atoms with E-state index < -0.39 is 40.5 Å². The lowest BCUT2D eigenvalue weighted by atomic mass is 10.0. The molecule has 8 aromatic carbocycles. The summed E-state index contributed by atoms with van der Waals surface area (Å²) in [4.78, 5) is 17.9. The molecule has 8 bridgehead atoms. The van der Waals surface area contributed by atoms with Crippen LogP contribution in [-0.2, 0) is 40.5 Å². The summed E-state index contributed by atoms with van der Waals surface area (Å²) < 4.78 is 142. The van der Waals surface area contributed by atoms with Crippen LogP contribution in [0, 0.1) is 27.7 Å². The van der Waals surface area contributed by atoms with Crippen LogP contribution in [-0.4, -0.2) is 53.6 Å². The molecule has 32 heteroatoms. The van der Waals surface area contributed by atoms with Crippen molar-refractivity contribution in [3.8, 4) is 67.5 Å². The lowest BCUT2D eigenvalue weighted by Gasteiger charge is -2.17. The molecule has 0 fully saturated rings. The molecule has 0 spiro atoms. The molecular formula is C72H42Br12N4O12S4. The highest BCUT2D eigenvalue weighted by molar-refractivity contribution is 9.13. The topological polar surface area (TPSA) is 231 Å². The Labute approximate surface area is 698 Å². The average molecular weight is 2240 g/mol. The number of halogens is 12. The van der Waals surface area contributed by atoms with Crippen LogP contribution in [0.3, 0.4) is 0 Å². The van der Waals surface area contributed by atoms with Gasteiger partial charge in [-0.3, -0.25) is 0 Å². The van der Waals surface area contributed by atoms with Gasteiger partial charge in [0.15, 0.2) is 23.0 Å². The second-order valence-corrected chi connectivity index (χ2v) is 39.5. The molecule has 0 amide bonds. The number of fused-ring (bicyclic) bond motifs is 8. The summed E-state index contributed by atoms with van der Waals surface area (Å²) >= 11 is 45.0.